The third kappa shape index (κ3) is 5.86. The van der Waals surface area contributed by atoms with Crippen molar-refractivity contribution in [2.75, 3.05) is 32.8 Å². The highest BCUT2D eigenvalue weighted by molar-refractivity contribution is 6.32. The quantitative estimate of drug-likeness (QED) is 0.710. The molecule has 2 aromatic carbocycles. The van der Waals surface area contributed by atoms with Crippen LogP contribution in [0.2, 0.25) is 5.02 Å². The number of rotatable bonds is 8. The van der Waals surface area contributed by atoms with Gasteiger partial charge in [-0.05, 0) is 12.1 Å². The first-order valence-electron chi connectivity index (χ1n) is 7.57. The molecule has 2 aromatic rings. The Morgan fingerprint density at radius 1 is 1.00 bits per heavy atom. The smallest absolute Gasteiger partial charge is 0.344 e. The van der Waals surface area contributed by atoms with E-state index in [1.165, 1.54) is 14.2 Å². The monoisotopic (exact) mass is 379 g/mol. The molecule has 7 nitrogen and oxygen atoms in total. The minimum absolute atomic E-state index is 0.357. The van der Waals surface area contributed by atoms with Gasteiger partial charge in [-0.15, -0.1) is 0 Å². The fourth-order valence-electron chi connectivity index (χ4n) is 1.96. The van der Waals surface area contributed by atoms with Crippen LogP contribution in [0.15, 0.2) is 42.5 Å². The summed E-state index contributed by atoms with van der Waals surface area (Å²) in [6, 6.07) is 11.6. The second kappa shape index (κ2) is 9.53. The number of carbonyl (C=O) groups is 2. The third-order valence-corrected chi connectivity index (χ3v) is 3.49. The van der Waals surface area contributed by atoms with Crippen molar-refractivity contribution < 1.29 is 28.5 Å². The SMILES string of the molecule is COc1cc(NC(=O)COC(=O)COc2ccccc2Cl)cc(OC)c1. The van der Waals surface area contributed by atoms with Crippen LogP contribution in [0.3, 0.4) is 0 Å². The van der Waals surface area contributed by atoms with E-state index in [9.17, 15) is 9.59 Å². The molecule has 0 aromatic heterocycles. The summed E-state index contributed by atoms with van der Waals surface area (Å²) in [4.78, 5) is 23.6. The number of methoxy groups -OCH3 is 2. The van der Waals surface area contributed by atoms with Crippen LogP contribution in [0.5, 0.6) is 17.2 Å². The Kier molecular flexibility index (Phi) is 7.11. The average Bonchev–Trinajstić information content (AvgIpc) is 2.65. The molecule has 1 amide bonds. The summed E-state index contributed by atoms with van der Waals surface area (Å²) in [7, 11) is 3.00. The molecule has 0 unspecified atom stereocenters. The second-order valence-corrected chi connectivity index (χ2v) is 5.44. The molecule has 0 bridgehead atoms. The van der Waals surface area contributed by atoms with Gasteiger partial charge in [-0.1, -0.05) is 23.7 Å². The van der Waals surface area contributed by atoms with Gasteiger partial charge in [0.2, 0.25) is 0 Å². The van der Waals surface area contributed by atoms with Crippen LogP contribution in [-0.2, 0) is 14.3 Å². The highest BCUT2D eigenvalue weighted by Crippen LogP contribution is 2.25. The Morgan fingerprint density at radius 3 is 2.27 bits per heavy atom. The molecule has 138 valence electrons. The summed E-state index contributed by atoms with van der Waals surface area (Å²) < 4.78 is 20.3. The van der Waals surface area contributed by atoms with Crippen LogP contribution in [0, 0.1) is 0 Å². The van der Waals surface area contributed by atoms with Crippen molar-refractivity contribution in [3.63, 3.8) is 0 Å². The molecule has 0 atom stereocenters. The molecule has 0 fully saturated rings. The van der Waals surface area contributed by atoms with Crippen molar-refractivity contribution in [1.29, 1.82) is 0 Å². The molecule has 0 spiro atoms. The van der Waals surface area contributed by atoms with Gasteiger partial charge in [0, 0.05) is 23.9 Å². The molecule has 0 aliphatic rings. The van der Waals surface area contributed by atoms with Crippen LogP contribution in [0.25, 0.3) is 0 Å². The highest BCUT2D eigenvalue weighted by atomic mass is 35.5. The first-order chi connectivity index (χ1) is 12.5. The van der Waals surface area contributed by atoms with Gasteiger partial charge in [-0.25, -0.2) is 4.79 Å². The third-order valence-electron chi connectivity index (χ3n) is 3.18. The van der Waals surface area contributed by atoms with Gasteiger partial charge < -0.3 is 24.3 Å². The van der Waals surface area contributed by atoms with Crippen LogP contribution in [-0.4, -0.2) is 39.3 Å². The molecular weight excluding hydrogens is 362 g/mol. The molecule has 0 aliphatic heterocycles. The zero-order chi connectivity index (χ0) is 18.9. The Bertz CT molecular complexity index is 758. The average molecular weight is 380 g/mol. The summed E-state index contributed by atoms with van der Waals surface area (Å²) in [5.41, 5.74) is 0.453. The lowest BCUT2D eigenvalue weighted by atomic mass is 10.2. The van der Waals surface area contributed by atoms with Crippen molar-refractivity contribution in [3.05, 3.63) is 47.5 Å². The maximum absolute atomic E-state index is 11.9. The van der Waals surface area contributed by atoms with E-state index >= 15 is 0 Å². The number of ether oxygens (including phenoxy) is 4. The number of hydrogen-bond acceptors (Lipinski definition) is 6. The summed E-state index contributed by atoms with van der Waals surface area (Å²) in [6.07, 6.45) is 0. The van der Waals surface area contributed by atoms with Gasteiger partial charge >= 0.3 is 5.97 Å². The number of amides is 1. The maximum Gasteiger partial charge on any atom is 0.344 e. The number of nitrogens with one attached hydrogen (secondary N) is 1. The summed E-state index contributed by atoms with van der Waals surface area (Å²) in [5.74, 6) is 0.198. The Labute approximate surface area is 155 Å². The Hall–Kier alpha value is -2.93. The summed E-state index contributed by atoms with van der Waals surface area (Å²) in [6.45, 7) is -0.811. The normalized spacial score (nSPS) is 9.96. The van der Waals surface area contributed by atoms with E-state index in [2.05, 4.69) is 5.32 Å². The highest BCUT2D eigenvalue weighted by Gasteiger charge is 2.11. The lowest BCUT2D eigenvalue weighted by molar-refractivity contribution is -0.149. The van der Waals surface area contributed by atoms with Crippen molar-refractivity contribution in [2.45, 2.75) is 0 Å². The van der Waals surface area contributed by atoms with Gasteiger partial charge in [0.15, 0.2) is 13.2 Å². The van der Waals surface area contributed by atoms with Crippen molar-refractivity contribution in [3.8, 4) is 17.2 Å². The van der Waals surface area contributed by atoms with Crippen LogP contribution in [0.1, 0.15) is 0 Å². The zero-order valence-corrected chi connectivity index (χ0v) is 15.0. The van der Waals surface area contributed by atoms with Crippen molar-refractivity contribution in [1.82, 2.24) is 0 Å². The predicted molar refractivity (Wildman–Crippen MR) is 96.1 cm³/mol. The number of halogens is 1. The molecule has 0 aliphatic carbocycles. The van der Waals surface area contributed by atoms with E-state index in [1.807, 2.05) is 0 Å². The fourth-order valence-corrected chi connectivity index (χ4v) is 2.15. The van der Waals surface area contributed by atoms with Gasteiger partial charge in [0.1, 0.15) is 17.2 Å². The van der Waals surface area contributed by atoms with E-state index < -0.39 is 18.5 Å². The summed E-state index contributed by atoms with van der Waals surface area (Å²) >= 11 is 5.91. The number of benzene rings is 2. The molecule has 0 heterocycles. The minimum Gasteiger partial charge on any atom is -0.497 e. The standard InChI is InChI=1S/C18H18ClNO6/c1-23-13-7-12(8-14(9-13)24-2)20-17(21)10-26-18(22)11-25-16-6-4-3-5-15(16)19/h3-9H,10-11H2,1-2H3,(H,20,21). The first kappa shape index (κ1) is 19.4. The number of anilines is 1. The van der Waals surface area contributed by atoms with E-state index in [0.717, 1.165) is 0 Å². The number of para-hydroxylation sites is 1. The topological polar surface area (TPSA) is 83.1 Å². The molecular formula is C18H18ClNO6. The molecule has 0 radical (unpaired) electrons. The minimum atomic E-state index is -0.691. The predicted octanol–water partition coefficient (Wildman–Crippen LogP) is 2.92. The van der Waals surface area contributed by atoms with Crippen molar-refractivity contribution >= 4 is 29.2 Å². The van der Waals surface area contributed by atoms with E-state index in [-0.39, 0.29) is 6.61 Å². The van der Waals surface area contributed by atoms with Gasteiger partial charge in [0.25, 0.3) is 5.91 Å². The lowest BCUT2D eigenvalue weighted by Gasteiger charge is -2.10. The fraction of sp³-hybridized carbons (Fsp3) is 0.222. The van der Waals surface area contributed by atoms with Crippen LogP contribution >= 0.6 is 11.6 Å². The molecule has 0 saturated heterocycles. The van der Waals surface area contributed by atoms with Gasteiger partial charge in [-0.2, -0.15) is 0 Å². The lowest BCUT2D eigenvalue weighted by Crippen LogP contribution is -2.23. The Morgan fingerprint density at radius 2 is 1.65 bits per heavy atom. The van der Waals surface area contributed by atoms with Crippen LogP contribution in [0.4, 0.5) is 5.69 Å². The van der Waals surface area contributed by atoms with Crippen molar-refractivity contribution in [2.24, 2.45) is 0 Å². The van der Waals surface area contributed by atoms with Gasteiger partial charge in [-0.3, -0.25) is 4.79 Å². The molecule has 8 heteroatoms. The first-order valence-corrected chi connectivity index (χ1v) is 7.95. The largest absolute Gasteiger partial charge is 0.497 e. The Balaban J connectivity index is 1.81. The molecule has 1 N–H and O–H groups in total. The zero-order valence-electron chi connectivity index (χ0n) is 14.3. The van der Waals surface area contributed by atoms with E-state index in [1.54, 1.807) is 42.5 Å². The number of esters is 1. The number of hydrogen-bond donors (Lipinski definition) is 1. The molecule has 0 saturated carbocycles. The summed E-state index contributed by atoms with van der Waals surface area (Å²) in [5, 5.41) is 2.97. The number of carbonyl (C=O) groups excluding carboxylic acids is 2. The molecule has 2 rings (SSSR count). The van der Waals surface area contributed by atoms with Crippen LogP contribution < -0.4 is 19.5 Å². The van der Waals surface area contributed by atoms with E-state index in [4.69, 9.17) is 30.5 Å². The van der Waals surface area contributed by atoms with Gasteiger partial charge in [0.05, 0.1) is 19.2 Å². The van der Waals surface area contributed by atoms with E-state index in [0.29, 0.717) is 28.0 Å². The second-order valence-electron chi connectivity index (χ2n) is 5.03. The maximum atomic E-state index is 11.9. The molecule has 26 heavy (non-hydrogen) atoms.